The van der Waals surface area contributed by atoms with Crippen LogP contribution in [0.25, 0.3) is 21.3 Å². The van der Waals surface area contributed by atoms with Crippen LogP contribution in [-0.2, 0) is 6.54 Å². The van der Waals surface area contributed by atoms with Gasteiger partial charge in [0, 0.05) is 22.7 Å². The number of fused-ring (bicyclic) bond motifs is 2. The smallest absolute Gasteiger partial charge is 0.260 e. The summed E-state index contributed by atoms with van der Waals surface area (Å²) in [7, 11) is 0. The summed E-state index contributed by atoms with van der Waals surface area (Å²) in [6.45, 7) is 1.43. The van der Waals surface area contributed by atoms with Crippen LogP contribution in [0, 0.1) is 5.82 Å². The average molecular weight is 409 g/mol. The normalized spacial score (nSPS) is 12.9. The first-order chi connectivity index (χ1) is 14.2. The number of H-pyrrole nitrogens is 1. The Bertz CT molecular complexity index is 1250. The molecule has 0 radical (unpaired) electrons. The number of aromatic amines is 1. The first kappa shape index (κ1) is 17.7. The number of ether oxygens (including phenoxy) is 2. The molecule has 29 heavy (non-hydrogen) atoms. The van der Waals surface area contributed by atoms with Gasteiger partial charge in [0.25, 0.3) is 5.56 Å². The summed E-state index contributed by atoms with van der Waals surface area (Å²) in [5, 5.41) is 5.63. The molecule has 0 fully saturated rings. The van der Waals surface area contributed by atoms with Crippen molar-refractivity contribution in [2.24, 2.45) is 0 Å². The van der Waals surface area contributed by atoms with E-state index >= 15 is 0 Å². The van der Waals surface area contributed by atoms with Crippen LogP contribution < -0.4 is 20.3 Å². The number of hydrogen-bond acceptors (Lipinski definition) is 6. The molecule has 3 heterocycles. The molecule has 0 spiro atoms. The topological polar surface area (TPSA) is 76.2 Å². The summed E-state index contributed by atoms with van der Waals surface area (Å²) in [5.41, 5.74) is 2.17. The monoisotopic (exact) mass is 409 g/mol. The maximum atomic E-state index is 13.2. The van der Waals surface area contributed by atoms with Crippen molar-refractivity contribution < 1.29 is 13.9 Å². The molecule has 4 aromatic rings. The molecule has 5 rings (SSSR count). The Morgan fingerprint density at radius 3 is 2.72 bits per heavy atom. The molecule has 6 nitrogen and oxygen atoms in total. The van der Waals surface area contributed by atoms with E-state index in [9.17, 15) is 9.18 Å². The van der Waals surface area contributed by atoms with E-state index in [1.54, 1.807) is 12.1 Å². The van der Waals surface area contributed by atoms with Gasteiger partial charge in [-0.3, -0.25) is 4.79 Å². The fraction of sp³-hybridized carbons (Fsp3) is 0.143. The quantitative estimate of drug-likeness (QED) is 0.529. The van der Waals surface area contributed by atoms with Crippen molar-refractivity contribution in [2.75, 3.05) is 18.5 Å². The number of thiophene rings is 1. The fourth-order valence-electron chi connectivity index (χ4n) is 3.26. The third kappa shape index (κ3) is 3.42. The minimum absolute atomic E-state index is 0.213. The van der Waals surface area contributed by atoms with Crippen LogP contribution in [0.1, 0.15) is 5.82 Å². The molecule has 0 amide bonds. The number of halogens is 1. The molecule has 146 valence electrons. The number of hydrogen-bond donors (Lipinski definition) is 2. The molecular weight excluding hydrogens is 393 g/mol. The highest BCUT2D eigenvalue weighted by atomic mass is 32.1. The molecule has 0 saturated carbocycles. The third-order valence-corrected chi connectivity index (χ3v) is 5.52. The van der Waals surface area contributed by atoms with Crippen LogP contribution in [-0.4, -0.2) is 23.2 Å². The van der Waals surface area contributed by atoms with Crippen LogP contribution in [0.15, 0.2) is 52.6 Å². The van der Waals surface area contributed by atoms with Crippen LogP contribution in [0.3, 0.4) is 0 Å². The van der Waals surface area contributed by atoms with Crippen LogP contribution in [0.2, 0.25) is 0 Å². The predicted molar refractivity (Wildman–Crippen MR) is 110 cm³/mol. The number of nitrogens with one attached hydrogen (secondary N) is 2. The standard InChI is InChI=1S/C21H16FN3O3S/c22-13-3-1-12(2-4-13)15-11-29-21-19(15)20(26)24-18(25-21)10-23-14-5-6-16-17(9-14)28-8-7-27-16/h1-6,9,11,23H,7-8,10H2,(H,24,25,26). The molecule has 0 aliphatic carbocycles. The highest BCUT2D eigenvalue weighted by Gasteiger charge is 2.14. The SMILES string of the molecule is O=c1[nH]c(CNc2ccc3c(c2)OCCO3)nc2scc(-c3ccc(F)cc3)c12. The first-order valence-electron chi connectivity index (χ1n) is 9.07. The molecule has 0 saturated heterocycles. The third-order valence-electron chi connectivity index (χ3n) is 4.65. The Kier molecular flexibility index (Phi) is 4.40. The lowest BCUT2D eigenvalue weighted by molar-refractivity contribution is 0.171. The Morgan fingerprint density at radius 1 is 1.10 bits per heavy atom. The average Bonchev–Trinajstić information content (AvgIpc) is 3.17. The van der Waals surface area contributed by atoms with Crippen molar-refractivity contribution in [1.82, 2.24) is 9.97 Å². The van der Waals surface area contributed by atoms with E-state index in [-0.39, 0.29) is 11.4 Å². The zero-order chi connectivity index (χ0) is 19.8. The van der Waals surface area contributed by atoms with Crippen molar-refractivity contribution in [1.29, 1.82) is 0 Å². The number of benzene rings is 2. The van der Waals surface area contributed by atoms with E-state index in [2.05, 4.69) is 15.3 Å². The molecule has 1 aliphatic rings. The Morgan fingerprint density at radius 2 is 1.90 bits per heavy atom. The maximum absolute atomic E-state index is 13.2. The number of nitrogens with zero attached hydrogens (tertiary/aromatic N) is 1. The number of aromatic nitrogens is 2. The lowest BCUT2D eigenvalue weighted by Gasteiger charge is -2.19. The summed E-state index contributed by atoms with van der Waals surface area (Å²) < 4.78 is 24.3. The van der Waals surface area contributed by atoms with Gasteiger partial charge in [-0.05, 0) is 29.8 Å². The van der Waals surface area contributed by atoms with Gasteiger partial charge in [-0.15, -0.1) is 11.3 Å². The zero-order valence-electron chi connectivity index (χ0n) is 15.2. The van der Waals surface area contributed by atoms with Gasteiger partial charge in [0.2, 0.25) is 0 Å². The molecule has 0 unspecified atom stereocenters. The van der Waals surface area contributed by atoms with Gasteiger partial charge in [-0.1, -0.05) is 12.1 Å². The fourth-order valence-corrected chi connectivity index (χ4v) is 4.23. The molecular formula is C21H16FN3O3S. The molecule has 2 aromatic heterocycles. The van der Waals surface area contributed by atoms with E-state index in [1.807, 2.05) is 23.6 Å². The van der Waals surface area contributed by atoms with Crippen molar-refractivity contribution in [2.45, 2.75) is 6.54 Å². The Balaban J connectivity index is 1.40. The summed E-state index contributed by atoms with van der Waals surface area (Å²) in [6, 6.07) is 11.7. The van der Waals surface area contributed by atoms with E-state index in [0.29, 0.717) is 41.5 Å². The minimum atomic E-state index is -0.312. The van der Waals surface area contributed by atoms with E-state index < -0.39 is 0 Å². The summed E-state index contributed by atoms with van der Waals surface area (Å²) in [5.74, 6) is 1.64. The Hall–Kier alpha value is -3.39. The molecule has 0 bridgehead atoms. The minimum Gasteiger partial charge on any atom is -0.486 e. The van der Waals surface area contributed by atoms with Crippen molar-refractivity contribution >= 4 is 27.2 Å². The molecule has 1 aliphatic heterocycles. The van der Waals surface area contributed by atoms with E-state index in [4.69, 9.17) is 9.47 Å². The predicted octanol–water partition coefficient (Wildman–Crippen LogP) is 4.17. The van der Waals surface area contributed by atoms with Crippen LogP contribution in [0.4, 0.5) is 10.1 Å². The van der Waals surface area contributed by atoms with Gasteiger partial charge in [0.1, 0.15) is 29.7 Å². The molecule has 0 atom stereocenters. The molecule has 2 aromatic carbocycles. The van der Waals surface area contributed by atoms with Gasteiger partial charge in [0.15, 0.2) is 11.5 Å². The van der Waals surface area contributed by atoms with Gasteiger partial charge < -0.3 is 19.8 Å². The lowest BCUT2D eigenvalue weighted by Crippen LogP contribution is -2.16. The van der Waals surface area contributed by atoms with Gasteiger partial charge in [-0.2, -0.15) is 0 Å². The lowest BCUT2D eigenvalue weighted by atomic mass is 10.1. The second kappa shape index (κ2) is 7.21. The van der Waals surface area contributed by atoms with Gasteiger partial charge >= 0.3 is 0 Å². The first-order valence-corrected chi connectivity index (χ1v) is 9.95. The van der Waals surface area contributed by atoms with Crippen molar-refractivity contribution in [3.63, 3.8) is 0 Å². The second-order valence-electron chi connectivity index (χ2n) is 6.56. The van der Waals surface area contributed by atoms with E-state index in [1.165, 1.54) is 23.5 Å². The van der Waals surface area contributed by atoms with Crippen molar-refractivity contribution in [3.8, 4) is 22.6 Å². The van der Waals surface area contributed by atoms with Gasteiger partial charge in [-0.25, -0.2) is 9.37 Å². The van der Waals surface area contributed by atoms with E-state index in [0.717, 1.165) is 22.6 Å². The zero-order valence-corrected chi connectivity index (χ0v) is 16.0. The second-order valence-corrected chi connectivity index (χ2v) is 7.42. The molecule has 8 heteroatoms. The maximum Gasteiger partial charge on any atom is 0.260 e. The number of rotatable bonds is 4. The number of anilines is 1. The van der Waals surface area contributed by atoms with Gasteiger partial charge in [0.05, 0.1) is 11.9 Å². The molecule has 2 N–H and O–H groups in total. The summed E-state index contributed by atoms with van der Waals surface area (Å²) in [6.07, 6.45) is 0. The summed E-state index contributed by atoms with van der Waals surface area (Å²) in [4.78, 5) is 20.8. The highest BCUT2D eigenvalue weighted by Crippen LogP contribution is 2.33. The Labute approximate surface area is 168 Å². The summed E-state index contributed by atoms with van der Waals surface area (Å²) >= 11 is 1.39. The largest absolute Gasteiger partial charge is 0.486 e. The van der Waals surface area contributed by atoms with Crippen LogP contribution in [0.5, 0.6) is 11.5 Å². The van der Waals surface area contributed by atoms with Crippen molar-refractivity contribution in [3.05, 3.63) is 69.8 Å². The van der Waals surface area contributed by atoms with Crippen LogP contribution >= 0.6 is 11.3 Å². The highest BCUT2D eigenvalue weighted by molar-refractivity contribution is 7.17.